The minimum atomic E-state index is -0.789. The van der Waals surface area contributed by atoms with Crippen molar-refractivity contribution in [2.75, 3.05) is 20.3 Å². The molecule has 3 atom stereocenters. The van der Waals surface area contributed by atoms with E-state index < -0.39 is 29.9 Å². The van der Waals surface area contributed by atoms with Crippen molar-refractivity contribution in [2.24, 2.45) is 0 Å². The second kappa shape index (κ2) is 11.2. The van der Waals surface area contributed by atoms with Gasteiger partial charge >= 0.3 is 12.2 Å². The van der Waals surface area contributed by atoms with Crippen LogP contribution in [0.25, 0.3) is 0 Å². The number of aliphatic hydroxyl groups excluding tert-OH is 1. The van der Waals surface area contributed by atoms with Crippen molar-refractivity contribution in [3.8, 4) is 0 Å². The van der Waals surface area contributed by atoms with E-state index in [1.165, 1.54) is 4.90 Å². The minimum Gasteiger partial charge on any atom is -0.445 e. The number of carbonyl (C=O) groups is 2. The van der Waals surface area contributed by atoms with Gasteiger partial charge in [0.05, 0.1) is 18.8 Å². The Kier molecular flexibility index (Phi) is 8.92. The molecule has 0 bridgehead atoms. The number of nitrogens with one attached hydrogen (secondary N) is 1. The maximum absolute atomic E-state index is 12.6. The van der Waals surface area contributed by atoms with E-state index in [2.05, 4.69) is 5.32 Å². The Bertz CT molecular complexity index is 676. The van der Waals surface area contributed by atoms with E-state index in [0.29, 0.717) is 32.4 Å². The Balaban J connectivity index is 1.88. The van der Waals surface area contributed by atoms with Gasteiger partial charge in [0.25, 0.3) is 0 Å². The monoisotopic (exact) mass is 422 g/mol. The first-order valence-electron chi connectivity index (χ1n) is 10.3. The number of rotatable bonds is 7. The van der Waals surface area contributed by atoms with Gasteiger partial charge < -0.3 is 29.5 Å². The zero-order chi connectivity index (χ0) is 22.1. The van der Waals surface area contributed by atoms with Crippen LogP contribution in [0, 0.1) is 0 Å². The highest BCUT2D eigenvalue weighted by Crippen LogP contribution is 2.25. The molecule has 1 fully saturated rings. The fourth-order valence-electron chi connectivity index (χ4n) is 3.46. The van der Waals surface area contributed by atoms with Crippen molar-refractivity contribution in [1.82, 2.24) is 10.2 Å². The molecule has 168 valence electrons. The highest BCUT2D eigenvalue weighted by Gasteiger charge is 2.37. The number of amides is 2. The molecule has 2 rings (SSSR count). The number of aliphatic hydroxyl groups is 1. The molecule has 0 aromatic heterocycles. The lowest BCUT2D eigenvalue weighted by Gasteiger charge is -2.40. The summed E-state index contributed by atoms with van der Waals surface area (Å²) in [6.07, 6.45) is -0.294. The van der Waals surface area contributed by atoms with Crippen LogP contribution in [0.3, 0.4) is 0 Å². The number of hydrogen-bond donors (Lipinski definition) is 2. The van der Waals surface area contributed by atoms with Crippen molar-refractivity contribution < 1.29 is 28.9 Å². The van der Waals surface area contributed by atoms with Crippen molar-refractivity contribution in [3.63, 3.8) is 0 Å². The molecule has 0 heterocycles. The highest BCUT2D eigenvalue weighted by molar-refractivity contribution is 5.69. The van der Waals surface area contributed by atoms with E-state index in [1.54, 1.807) is 27.9 Å². The topological polar surface area (TPSA) is 97.3 Å². The van der Waals surface area contributed by atoms with Gasteiger partial charge in [-0.1, -0.05) is 30.3 Å². The van der Waals surface area contributed by atoms with Crippen LogP contribution < -0.4 is 5.32 Å². The molecule has 8 nitrogen and oxygen atoms in total. The molecule has 2 amide bonds. The van der Waals surface area contributed by atoms with E-state index in [-0.39, 0.29) is 12.6 Å². The third-order valence-corrected chi connectivity index (χ3v) is 4.88. The fourth-order valence-corrected chi connectivity index (χ4v) is 3.46. The first-order valence-corrected chi connectivity index (χ1v) is 10.3. The second-order valence-corrected chi connectivity index (χ2v) is 8.52. The standard InChI is InChI=1S/C22H34N2O6/c1-22(2,3)30-21(27)24(12-13-28-4)18-11-10-17(14-19(18)25)23-20(26)29-15-16-8-6-5-7-9-16/h5-9,17-19,25H,10-15H2,1-4H3,(H,23,26)/t17-,18-,19-/m0/s1. The number of nitrogens with zero attached hydrogens (tertiary/aromatic N) is 1. The van der Waals surface area contributed by atoms with Gasteiger partial charge in [-0.25, -0.2) is 9.59 Å². The van der Waals surface area contributed by atoms with Gasteiger partial charge in [0, 0.05) is 19.7 Å². The Morgan fingerprint density at radius 2 is 1.90 bits per heavy atom. The Labute approximate surface area is 178 Å². The predicted molar refractivity (Wildman–Crippen MR) is 112 cm³/mol. The Morgan fingerprint density at radius 3 is 2.50 bits per heavy atom. The molecule has 0 spiro atoms. The van der Waals surface area contributed by atoms with Crippen molar-refractivity contribution in [2.45, 2.75) is 70.4 Å². The average Bonchev–Trinajstić information content (AvgIpc) is 2.67. The lowest BCUT2D eigenvalue weighted by Crippen LogP contribution is -2.54. The Hall–Kier alpha value is -2.32. The average molecular weight is 423 g/mol. The summed E-state index contributed by atoms with van der Waals surface area (Å²) in [6.45, 7) is 6.27. The molecule has 0 unspecified atom stereocenters. The zero-order valence-corrected chi connectivity index (χ0v) is 18.3. The summed E-state index contributed by atoms with van der Waals surface area (Å²) < 4.78 is 15.9. The van der Waals surface area contributed by atoms with Crippen LogP contribution in [-0.4, -0.2) is 66.2 Å². The van der Waals surface area contributed by atoms with E-state index in [0.717, 1.165) is 5.56 Å². The van der Waals surface area contributed by atoms with Crippen LogP contribution in [0.2, 0.25) is 0 Å². The normalized spacial score (nSPS) is 21.6. The van der Waals surface area contributed by atoms with Crippen LogP contribution >= 0.6 is 0 Å². The molecule has 1 aliphatic rings. The van der Waals surface area contributed by atoms with Gasteiger partial charge in [0.1, 0.15) is 12.2 Å². The van der Waals surface area contributed by atoms with E-state index in [1.807, 2.05) is 30.3 Å². The van der Waals surface area contributed by atoms with Gasteiger partial charge in [-0.3, -0.25) is 0 Å². The lowest BCUT2D eigenvalue weighted by atomic mass is 9.87. The van der Waals surface area contributed by atoms with E-state index >= 15 is 0 Å². The number of methoxy groups -OCH3 is 1. The maximum atomic E-state index is 12.6. The quantitative estimate of drug-likeness (QED) is 0.701. The number of carbonyl (C=O) groups excluding carboxylic acids is 2. The van der Waals surface area contributed by atoms with Gasteiger partial charge in [-0.15, -0.1) is 0 Å². The van der Waals surface area contributed by atoms with Crippen LogP contribution in [-0.2, 0) is 20.8 Å². The van der Waals surface area contributed by atoms with E-state index in [4.69, 9.17) is 14.2 Å². The minimum absolute atomic E-state index is 0.189. The van der Waals surface area contributed by atoms with Gasteiger partial charge in [-0.2, -0.15) is 0 Å². The number of alkyl carbamates (subject to hydrolysis) is 1. The molecule has 0 saturated heterocycles. The van der Waals surface area contributed by atoms with Crippen molar-refractivity contribution >= 4 is 12.2 Å². The molecular weight excluding hydrogens is 388 g/mol. The van der Waals surface area contributed by atoms with Gasteiger partial charge in [-0.05, 0) is 45.6 Å². The first kappa shape index (κ1) is 24.0. The summed E-state index contributed by atoms with van der Waals surface area (Å²) in [5.41, 5.74) is 0.275. The molecule has 1 aromatic rings. The summed E-state index contributed by atoms with van der Waals surface area (Å²) >= 11 is 0. The van der Waals surface area contributed by atoms with Crippen molar-refractivity contribution in [1.29, 1.82) is 0 Å². The van der Waals surface area contributed by atoms with Crippen molar-refractivity contribution in [3.05, 3.63) is 35.9 Å². The van der Waals surface area contributed by atoms with Crippen LogP contribution in [0.15, 0.2) is 30.3 Å². The highest BCUT2D eigenvalue weighted by atomic mass is 16.6. The summed E-state index contributed by atoms with van der Waals surface area (Å²) in [7, 11) is 1.56. The fraction of sp³-hybridized carbons (Fsp3) is 0.636. The van der Waals surface area contributed by atoms with Crippen LogP contribution in [0.4, 0.5) is 9.59 Å². The molecule has 1 saturated carbocycles. The zero-order valence-electron chi connectivity index (χ0n) is 18.3. The molecule has 1 aromatic carbocycles. The summed E-state index contributed by atoms with van der Waals surface area (Å²) in [5, 5.41) is 13.5. The molecule has 0 aliphatic heterocycles. The summed E-state index contributed by atoms with van der Waals surface area (Å²) in [4.78, 5) is 26.3. The number of ether oxygens (including phenoxy) is 3. The third-order valence-electron chi connectivity index (χ3n) is 4.88. The SMILES string of the molecule is COCCN(C(=O)OC(C)(C)C)[C@H]1CC[C@H](NC(=O)OCc2ccccc2)C[C@@H]1O. The molecule has 2 N–H and O–H groups in total. The van der Waals surface area contributed by atoms with Crippen LogP contribution in [0.5, 0.6) is 0 Å². The summed E-state index contributed by atoms with van der Waals surface area (Å²) in [5.74, 6) is 0. The largest absolute Gasteiger partial charge is 0.445 e. The lowest BCUT2D eigenvalue weighted by molar-refractivity contribution is -0.0269. The maximum Gasteiger partial charge on any atom is 0.410 e. The first-order chi connectivity index (χ1) is 14.2. The number of hydrogen-bond acceptors (Lipinski definition) is 6. The molecule has 8 heteroatoms. The molecule has 0 radical (unpaired) electrons. The Morgan fingerprint density at radius 1 is 1.20 bits per heavy atom. The van der Waals surface area contributed by atoms with E-state index in [9.17, 15) is 14.7 Å². The molecular formula is C22H34N2O6. The second-order valence-electron chi connectivity index (χ2n) is 8.52. The van der Waals surface area contributed by atoms with Crippen LogP contribution in [0.1, 0.15) is 45.6 Å². The van der Waals surface area contributed by atoms with Gasteiger partial charge in [0.2, 0.25) is 0 Å². The summed E-state index contributed by atoms with van der Waals surface area (Å²) in [6, 6.07) is 8.82. The number of benzene rings is 1. The molecule has 1 aliphatic carbocycles. The smallest absolute Gasteiger partial charge is 0.410 e. The third kappa shape index (κ3) is 7.84. The molecule has 30 heavy (non-hydrogen) atoms. The predicted octanol–water partition coefficient (Wildman–Crippen LogP) is 3.08. The van der Waals surface area contributed by atoms with Gasteiger partial charge in [0.15, 0.2) is 0 Å².